The number of nitrogens with zero attached hydrogens (tertiary/aromatic N) is 1. The zero-order chi connectivity index (χ0) is 24.1. The van der Waals surface area contributed by atoms with Crippen molar-refractivity contribution in [1.82, 2.24) is 14.9 Å². The lowest BCUT2D eigenvalue weighted by Crippen LogP contribution is -2.59. The van der Waals surface area contributed by atoms with Crippen LogP contribution in [0.3, 0.4) is 0 Å². The quantitative estimate of drug-likeness (QED) is 0.601. The van der Waals surface area contributed by atoms with E-state index in [-0.39, 0.29) is 24.5 Å². The number of hydrogen-bond donors (Lipinski definition) is 2. The standard InChI is InChI=1S/C22H26F3N3O4S/c1-2-3-16-4-6-17(7-5-16)14-27-21(29)20-15-26-12-13-28(20)33(30,31)19-10-8-18(9-11-19)32-22(23,24)25/h4-11,20,26H,2-3,12-15H2,1H3,(H,27,29)/t20-/m1/s1. The highest BCUT2D eigenvalue weighted by atomic mass is 32.2. The van der Waals surface area contributed by atoms with Crippen LogP contribution in [0.5, 0.6) is 5.75 Å². The second-order valence-corrected chi connectivity index (χ2v) is 9.53. The lowest BCUT2D eigenvalue weighted by Gasteiger charge is -2.34. The van der Waals surface area contributed by atoms with E-state index in [9.17, 15) is 26.4 Å². The van der Waals surface area contributed by atoms with Crippen LogP contribution in [-0.2, 0) is 27.8 Å². The SMILES string of the molecule is CCCc1ccc(CNC(=O)[C@H]2CNCCN2S(=O)(=O)c2ccc(OC(F)(F)F)cc2)cc1. The number of nitrogens with one attached hydrogen (secondary N) is 2. The Hall–Kier alpha value is -2.63. The lowest BCUT2D eigenvalue weighted by atomic mass is 10.1. The molecule has 180 valence electrons. The van der Waals surface area contributed by atoms with E-state index < -0.39 is 34.1 Å². The normalized spacial score (nSPS) is 17.5. The number of rotatable bonds is 8. The summed E-state index contributed by atoms with van der Waals surface area (Å²) in [5.74, 6) is -0.985. The first kappa shape index (κ1) is 25.0. The van der Waals surface area contributed by atoms with Crippen molar-refractivity contribution < 1.29 is 31.1 Å². The molecule has 2 N–H and O–H groups in total. The maximum Gasteiger partial charge on any atom is 0.573 e. The first-order valence-corrected chi connectivity index (χ1v) is 12.0. The van der Waals surface area contributed by atoms with Crippen LogP contribution in [0.25, 0.3) is 0 Å². The molecule has 11 heteroatoms. The molecule has 2 aromatic rings. The summed E-state index contributed by atoms with van der Waals surface area (Å²) in [5, 5.41) is 5.79. The van der Waals surface area contributed by atoms with Gasteiger partial charge in [0.25, 0.3) is 0 Å². The summed E-state index contributed by atoms with van der Waals surface area (Å²) < 4.78 is 68.2. The molecule has 0 aromatic heterocycles. The van der Waals surface area contributed by atoms with Crippen LogP contribution in [0.1, 0.15) is 24.5 Å². The Balaban J connectivity index is 1.69. The summed E-state index contributed by atoms with van der Waals surface area (Å²) in [7, 11) is -4.12. The van der Waals surface area contributed by atoms with Crippen molar-refractivity contribution in [2.45, 2.75) is 43.6 Å². The molecule has 0 aliphatic carbocycles. The van der Waals surface area contributed by atoms with Crippen LogP contribution >= 0.6 is 0 Å². The van der Waals surface area contributed by atoms with Gasteiger partial charge in [-0.3, -0.25) is 4.79 Å². The number of aryl methyl sites for hydroxylation is 1. The molecular formula is C22H26F3N3O4S. The molecule has 1 amide bonds. The molecule has 0 spiro atoms. The van der Waals surface area contributed by atoms with Crippen molar-refractivity contribution in [3.05, 3.63) is 59.7 Å². The van der Waals surface area contributed by atoms with Crippen LogP contribution < -0.4 is 15.4 Å². The largest absolute Gasteiger partial charge is 0.573 e. The first-order valence-electron chi connectivity index (χ1n) is 10.5. The molecule has 0 bridgehead atoms. The third-order valence-corrected chi connectivity index (χ3v) is 7.11. The van der Waals surface area contributed by atoms with Crippen molar-refractivity contribution in [2.75, 3.05) is 19.6 Å². The highest BCUT2D eigenvalue weighted by molar-refractivity contribution is 7.89. The number of benzene rings is 2. The van der Waals surface area contributed by atoms with Gasteiger partial charge in [-0.15, -0.1) is 13.2 Å². The van der Waals surface area contributed by atoms with Gasteiger partial charge in [0.05, 0.1) is 4.90 Å². The monoisotopic (exact) mass is 485 g/mol. The minimum Gasteiger partial charge on any atom is -0.406 e. The van der Waals surface area contributed by atoms with E-state index in [0.717, 1.165) is 47.0 Å². The van der Waals surface area contributed by atoms with Gasteiger partial charge < -0.3 is 15.4 Å². The van der Waals surface area contributed by atoms with Gasteiger partial charge in [-0.05, 0) is 41.8 Å². The van der Waals surface area contributed by atoms with Gasteiger partial charge in [-0.25, -0.2) is 8.42 Å². The highest BCUT2D eigenvalue weighted by Gasteiger charge is 2.38. The molecule has 1 aliphatic rings. The Morgan fingerprint density at radius 1 is 1.12 bits per heavy atom. The Morgan fingerprint density at radius 2 is 1.76 bits per heavy atom. The first-order chi connectivity index (χ1) is 15.6. The molecule has 0 radical (unpaired) electrons. The molecule has 7 nitrogen and oxygen atoms in total. The third-order valence-electron chi connectivity index (χ3n) is 5.19. The molecule has 0 unspecified atom stereocenters. The molecule has 1 saturated heterocycles. The van der Waals surface area contributed by atoms with Gasteiger partial charge >= 0.3 is 6.36 Å². The fourth-order valence-corrected chi connectivity index (χ4v) is 5.15. The topological polar surface area (TPSA) is 87.7 Å². The van der Waals surface area contributed by atoms with Gasteiger partial charge in [-0.2, -0.15) is 4.31 Å². The Labute approximate surface area is 191 Å². The summed E-state index contributed by atoms with van der Waals surface area (Å²) in [6.07, 6.45) is -2.87. The van der Waals surface area contributed by atoms with E-state index in [0.29, 0.717) is 6.54 Å². The number of carbonyl (C=O) groups excluding carboxylic acids is 1. The lowest BCUT2D eigenvalue weighted by molar-refractivity contribution is -0.274. The Morgan fingerprint density at radius 3 is 2.36 bits per heavy atom. The van der Waals surface area contributed by atoms with Gasteiger partial charge in [0.2, 0.25) is 15.9 Å². The number of alkyl halides is 3. The number of piperazine rings is 1. The number of halogens is 3. The molecule has 33 heavy (non-hydrogen) atoms. The Bertz CT molecular complexity index is 1040. The maximum atomic E-state index is 13.1. The number of sulfonamides is 1. The zero-order valence-electron chi connectivity index (χ0n) is 18.1. The predicted molar refractivity (Wildman–Crippen MR) is 116 cm³/mol. The summed E-state index contributed by atoms with van der Waals surface area (Å²) in [5.41, 5.74) is 2.09. The Kier molecular flexibility index (Phi) is 7.98. The van der Waals surface area contributed by atoms with E-state index in [1.807, 2.05) is 24.3 Å². The molecule has 1 atom stereocenters. The molecule has 1 fully saturated rings. The molecular weight excluding hydrogens is 459 g/mol. The minimum absolute atomic E-state index is 0.0485. The summed E-state index contributed by atoms with van der Waals surface area (Å²) in [6.45, 7) is 2.86. The second kappa shape index (κ2) is 10.5. The van der Waals surface area contributed by atoms with Crippen molar-refractivity contribution in [3.63, 3.8) is 0 Å². The van der Waals surface area contributed by atoms with Crippen LogP contribution in [0, 0.1) is 0 Å². The average molecular weight is 486 g/mol. The van der Waals surface area contributed by atoms with Gasteiger partial charge in [0, 0.05) is 26.2 Å². The summed E-state index contributed by atoms with van der Waals surface area (Å²) >= 11 is 0. The van der Waals surface area contributed by atoms with E-state index in [1.165, 1.54) is 5.56 Å². The third kappa shape index (κ3) is 6.68. The van der Waals surface area contributed by atoms with Crippen LogP contribution in [0.4, 0.5) is 13.2 Å². The fourth-order valence-electron chi connectivity index (χ4n) is 3.56. The van der Waals surface area contributed by atoms with E-state index in [4.69, 9.17) is 0 Å². The van der Waals surface area contributed by atoms with Gasteiger partial charge in [0.1, 0.15) is 11.8 Å². The number of hydrogen-bond acceptors (Lipinski definition) is 5. The molecule has 1 aliphatic heterocycles. The van der Waals surface area contributed by atoms with Crippen molar-refractivity contribution in [1.29, 1.82) is 0 Å². The van der Waals surface area contributed by atoms with Gasteiger partial charge in [0.15, 0.2) is 0 Å². The van der Waals surface area contributed by atoms with Crippen LogP contribution in [0.15, 0.2) is 53.4 Å². The van der Waals surface area contributed by atoms with Gasteiger partial charge in [-0.1, -0.05) is 37.6 Å². The average Bonchev–Trinajstić information content (AvgIpc) is 2.78. The molecule has 0 saturated carbocycles. The van der Waals surface area contributed by atoms with Crippen molar-refractivity contribution in [2.24, 2.45) is 0 Å². The smallest absolute Gasteiger partial charge is 0.406 e. The maximum absolute atomic E-state index is 13.1. The number of carbonyl (C=O) groups is 1. The molecule has 1 heterocycles. The van der Waals surface area contributed by atoms with E-state index in [2.05, 4.69) is 22.3 Å². The number of ether oxygens (including phenoxy) is 1. The predicted octanol–water partition coefficient (Wildman–Crippen LogP) is 2.82. The van der Waals surface area contributed by atoms with Crippen molar-refractivity contribution >= 4 is 15.9 Å². The summed E-state index contributed by atoms with van der Waals surface area (Å²) in [6, 6.07) is 10.8. The van der Waals surface area contributed by atoms with Crippen molar-refractivity contribution in [3.8, 4) is 5.75 Å². The highest BCUT2D eigenvalue weighted by Crippen LogP contribution is 2.26. The molecule has 3 rings (SSSR count). The molecule has 2 aromatic carbocycles. The van der Waals surface area contributed by atoms with E-state index in [1.54, 1.807) is 0 Å². The summed E-state index contributed by atoms with van der Waals surface area (Å²) in [4.78, 5) is 12.6. The van der Waals surface area contributed by atoms with Crippen LogP contribution in [0.2, 0.25) is 0 Å². The second-order valence-electron chi connectivity index (χ2n) is 7.64. The fraction of sp³-hybridized carbons (Fsp3) is 0.409. The number of amides is 1. The minimum atomic E-state index is -4.88. The van der Waals surface area contributed by atoms with E-state index >= 15 is 0 Å². The zero-order valence-corrected chi connectivity index (χ0v) is 18.9. The van der Waals surface area contributed by atoms with Crippen LogP contribution in [-0.4, -0.2) is 50.7 Å².